The molecule has 0 saturated heterocycles. The highest BCUT2D eigenvalue weighted by molar-refractivity contribution is 5.78. The molecule has 1 amide bonds. The molecule has 29 heavy (non-hydrogen) atoms. The lowest BCUT2D eigenvalue weighted by Gasteiger charge is -2.30. The third kappa shape index (κ3) is 5.37. The van der Waals surface area contributed by atoms with Crippen molar-refractivity contribution in [1.29, 1.82) is 0 Å². The van der Waals surface area contributed by atoms with Crippen LogP contribution in [-0.2, 0) is 11.2 Å². The van der Waals surface area contributed by atoms with E-state index in [4.69, 9.17) is 14.2 Å². The van der Waals surface area contributed by atoms with Crippen LogP contribution < -0.4 is 19.5 Å². The van der Waals surface area contributed by atoms with Gasteiger partial charge in [-0.2, -0.15) is 0 Å². The van der Waals surface area contributed by atoms with Crippen LogP contribution >= 0.6 is 0 Å². The maximum absolute atomic E-state index is 13.7. The monoisotopic (exact) mass is 405 g/mol. The standard InChI is InChI=1S/C22H25F2NO4/c1-27-19-4-3-5-20(22(19)28-2)29-17-10-8-16(9-11-17)25-21(26)12-14-6-7-15(23)13-18(14)24/h3-7,13,16-17H,8-12H2,1-2H3,(H,25,26). The smallest absolute Gasteiger partial charge is 0.224 e. The Morgan fingerprint density at radius 3 is 2.41 bits per heavy atom. The van der Waals surface area contributed by atoms with Crippen LogP contribution in [0.3, 0.4) is 0 Å². The zero-order valence-electron chi connectivity index (χ0n) is 16.5. The van der Waals surface area contributed by atoms with Gasteiger partial charge in [-0.05, 0) is 49.4 Å². The quantitative estimate of drug-likeness (QED) is 0.756. The average Bonchev–Trinajstić information content (AvgIpc) is 2.71. The van der Waals surface area contributed by atoms with Crippen molar-refractivity contribution in [3.05, 3.63) is 53.6 Å². The largest absolute Gasteiger partial charge is 0.493 e. The van der Waals surface area contributed by atoms with Crippen molar-refractivity contribution in [1.82, 2.24) is 5.32 Å². The van der Waals surface area contributed by atoms with E-state index >= 15 is 0 Å². The second kappa shape index (κ2) is 9.58. The summed E-state index contributed by atoms with van der Waals surface area (Å²) < 4.78 is 43.5. The molecule has 5 nitrogen and oxygen atoms in total. The molecule has 1 saturated carbocycles. The summed E-state index contributed by atoms with van der Waals surface area (Å²) in [7, 11) is 3.15. The van der Waals surface area contributed by atoms with Gasteiger partial charge in [0.25, 0.3) is 0 Å². The lowest BCUT2D eigenvalue weighted by molar-refractivity contribution is -0.121. The zero-order chi connectivity index (χ0) is 20.8. The first-order valence-corrected chi connectivity index (χ1v) is 9.61. The van der Waals surface area contributed by atoms with Crippen molar-refractivity contribution in [2.75, 3.05) is 14.2 Å². The third-order valence-corrected chi connectivity index (χ3v) is 5.07. The Kier molecular flexibility index (Phi) is 6.90. The molecule has 7 heteroatoms. The first-order chi connectivity index (χ1) is 14.0. The molecule has 0 heterocycles. The van der Waals surface area contributed by atoms with Crippen LogP contribution in [0.2, 0.25) is 0 Å². The molecule has 0 bridgehead atoms. The van der Waals surface area contributed by atoms with Gasteiger partial charge in [-0.15, -0.1) is 0 Å². The molecule has 0 aliphatic heterocycles. The van der Waals surface area contributed by atoms with Crippen molar-refractivity contribution >= 4 is 5.91 Å². The molecule has 156 valence electrons. The van der Waals surface area contributed by atoms with Gasteiger partial charge in [-0.1, -0.05) is 12.1 Å². The van der Waals surface area contributed by atoms with E-state index in [0.29, 0.717) is 17.2 Å². The van der Waals surface area contributed by atoms with Crippen molar-refractivity contribution in [3.8, 4) is 17.2 Å². The third-order valence-electron chi connectivity index (χ3n) is 5.07. The lowest BCUT2D eigenvalue weighted by Crippen LogP contribution is -2.40. The van der Waals surface area contributed by atoms with Gasteiger partial charge < -0.3 is 19.5 Å². The van der Waals surface area contributed by atoms with Gasteiger partial charge in [0, 0.05) is 12.1 Å². The first kappa shape index (κ1) is 20.9. The second-order valence-electron chi connectivity index (χ2n) is 7.06. The molecule has 0 aromatic heterocycles. The summed E-state index contributed by atoms with van der Waals surface area (Å²) in [6.45, 7) is 0. The van der Waals surface area contributed by atoms with Crippen LogP contribution in [0.15, 0.2) is 36.4 Å². The molecule has 0 atom stereocenters. The number of methoxy groups -OCH3 is 2. The van der Waals surface area contributed by atoms with E-state index in [1.807, 2.05) is 18.2 Å². The number of carbonyl (C=O) groups excluding carboxylic acids is 1. The number of benzene rings is 2. The fourth-order valence-electron chi connectivity index (χ4n) is 3.57. The molecule has 1 aliphatic carbocycles. The fraction of sp³-hybridized carbons (Fsp3) is 0.409. The molecule has 2 aromatic rings. The van der Waals surface area contributed by atoms with Crippen LogP contribution in [0.5, 0.6) is 17.2 Å². The van der Waals surface area contributed by atoms with E-state index in [0.717, 1.165) is 37.8 Å². The maximum atomic E-state index is 13.7. The van der Waals surface area contributed by atoms with Gasteiger partial charge in [0.15, 0.2) is 11.5 Å². The van der Waals surface area contributed by atoms with Crippen molar-refractivity contribution in [2.45, 2.75) is 44.2 Å². The number of nitrogens with one attached hydrogen (secondary N) is 1. The molecule has 0 unspecified atom stereocenters. The molecule has 3 rings (SSSR count). The average molecular weight is 405 g/mol. The molecular formula is C22H25F2NO4. The number of para-hydroxylation sites is 1. The Bertz CT molecular complexity index is 851. The van der Waals surface area contributed by atoms with E-state index in [-0.39, 0.29) is 30.0 Å². The van der Waals surface area contributed by atoms with Gasteiger partial charge >= 0.3 is 0 Å². The van der Waals surface area contributed by atoms with E-state index in [2.05, 4.69) is 5.32 Å². The number of carbonyl (C=O) groups is 1. The van der Waals surface area contributed by atoms with Crippen molar-refractivity contribution < 1.29 is 27.8 Å². The van der Waals surface area contributed by atoms with Gasteiger partial charge in [0.05, 0.1) is 26.7 Å². The molecule has 1 aliphatic rings. The Labute approximate surface area is 169 Å². The topological polar surface area (TPSA) is 56.8 Å². The Morgan fingerprint density at radius 1 is 1.03 bits per heavy atom. The highest BCUT2D eigenvalue weighted by atomic mass is 19.1. The zero-order valence-corrected chi connectivity index (χ0v) is 16.5. The molecular weight excluding hydrogens is 380 g/mol. The van der Waals surface area contributed by atoms with E-state index in [1.165, 1.54) is 6.07 Å². The predicted octanol–water partition coefficient (Wildman–Crippen LogP) is 4.03. The summed E-state index contributed by atoms with van der Waals surface area (Å²) in [5.41, 5.74) is 0.186. The van der Waals surface area contributed by atoms with Crippen molar-refractivity contribution in [3.63, 3.8) is 0 Å². The lowest BCUT2D eigenvalue weighted by atomic mass is 9.92. The number of hydrogen-bond donors (Lipinski definition) is 1. The van der Waals surface area contributed by atoms with Gasteiger partial charge in [-0.3, -0.25) is 4.79 Å². The van der Waals surface area contributed by atoms with E-state index in [1.54, 1.807) is 14.2 Å². The predicted molar refractivity (Wildman–Crippen MR) is 104 cm³/mol. The Hall–Kier alpha value is -2.83. The summed E-state index contributed by atoms with van der Waals surface area (Å²) in [5, 5.41) is 2.93. The van der Waals surface area contributed by atoms with E-state index < -0.39 is 11.6 Å². The number of amides is 1. The normalized spacial score (nSPS) is 18.8. The van der Waals surface area contributed by atoms with Crippen molar-refractivity contribution in [2.24, 2.45) is 0 Å². The minimum absolute atomic E-state index is 0.0121. The molecule has 0 spiro atoms. The summed E-state index contributed by atoms with van der Waals surface area (Å²) in [6, 6.07) is 8.75. The summed E-state index contributed by atoms with van der Waals surface area (Å²) in [4.78, 5) is 12.2. The minimum Gasteiger partial charge on any atom is -0.493 e. The number of rotatable bonds is 7. The summed E-state index contributed by atoms with van der Waals surface area (Å²) in [6.07, 6.45) is 2.97. The minimum atomic E-state index is -0.704. The fourth-order valence-corrected chi connectivity index (χ4v) is 3.57. The van der Waals surface area contributed by atoms with Gasteiger partial charge in [-0.25, -0.2) is 8.78 Å². The Balaban J connectivity index is 1.50. The van der Waals surface area contributed by atoms with Crippen LogP contribution in [0.4, 0.5) is 8.78 Å². The van der Waals surface area contributed by atoms with Gasteiger partial charge in [0.2, 0.25) is 11.7 Å². The summed E-state index contributed by atoms with van der Waals surface area (Å²) in [5.74, 6) is 0.174. The molecule has 1 N–H and O–H groups in total. The number of halogens is 2. The van der Waals surface area contributed by atoms with E-state index in [9.17, 15) is 13.6 Å². The highest BCUT2D eigenvalue weighted by Crippen LogP contribution is 2.38. The van der Waals surface area contributed by atoms with Gasteiger partial charge in [0.1, 0.15) is 11.6 Å². The first-order valence-electron chi connectivity index (χ1n) is 9.61. The van der Waals surface area contributed by atoms with Crippen LogP contribution in [0.25, 0.3) is 0 Å². The number of hydrogen-bond acceptors (Lipinski definition) is 4. The summed E-state index contributed by atoms with van der Waals surface area (Å²) >= 11 is 0. The SMILES string of the molecule is COc1cccc(OC2CCC(NC(=O)Cc3ccc(F)cc3F)CC2)c1OC. The highest BCUT2D eigenvalue weighted by Gasteiger charge is 2.25. The Morgan fingerprint density at radius 2 is 1.76 bits per heavy atom. The second-order valence-corrected chi connectivity index (χ2v) is 7.06. The molecule has 2 aromatic carbocycles. The maximum Gasteiger partial charge on any atom is 0.224 e. The molecule has 1 fully saturated rings. The van der Waals surface area contributed by atoms with Crippen LogP contribution in [0.1, 0.15) is 31.2 Å². The molecule has 0 radical (unpaired) electrons. The van der Waals surface area contributed by atoms with Crippen LogP contribution in [0, 0.1) is 11.6 Å². The number of ether oxygens (including phenoxy) is 3. The van der Waals surface area contributed by atoms with Crippen LogP contribution in [-0.4, -0.2) is 32.3 Å².